The van der Waals surface area contributed by atoms with Gasteiger partial charge in [-0.05, 0) is 61.7 Å². The number of nitrogens with one attached hydrogen (secondary N) is 2. The quantitative estimate of drug-likeness (QED) is 0.241. The highest BCUT2D eigenvalue weighted by molar-refractivity contribution is 9.10. The minimum Gasteiger partial charge on any atom is -0.494 e. The lowest BCUT2D eigenvalue weighted by Gasteiger charge is -2.33. The third-order valence-electron chi connectivity index (χ3n) is 7.12. The number of ether oxygens (including phenoxy) is 2. The molecule has 9 heteroatoms. The maximum Gasteiger partial charge on any atom is 0.266 e. The van der Waals surface area contributed by atoms with Crippen LogP contribution in [0.25, 0.3) is 0 Å². The van der Waals surface area contributed by atoms with Gasteiger partial charge in [0.2, 0.25) is 5.90 Å². The smallest absolute Gasteiger partial charge is 0.266 e. The molecular weight excluding hydrogens is 538 g/mol. The number of rotatable bonds is 11. The molecule has 1 aliphatic carbocycles. The number of nitrogens with zero attached hydrogens (tertiary/aromatic N) is 1. The predicted molar refractivity (Wildman–Crippen MR) is 145 cm³/mol. The van der Waals surface area contributed by atoms with Gasteiger partial charge in [0.25, 0.3) is 5.91 Å². The molecule has 1 fully saturated rings. The molecule has 0 bridgehead atoms. The fourth-order valence-corrected chi connectivity index (χ4v) is 5.10. The van der Waals surface area contributed by atoms with E-state index >= 15 is 0 Å². The van der Waals surface area contributed by atoms with E-state index in [1.165, 1.54) is 0 Å². The van der Waals surface area contributed by atoms with E-state index in [4.69, 9.17) is 19.6 Å². The highest BCUT2D eigenvalue weighted by Crippen LogP contribution is 2.33. The summed E-state index contributed by atoms with van der Waals surface area (Å²) in [5, 5.41) is 19.8. The van der Waals surface area contributed by atoms with Gasteiger partial charge in [-0.25, -0.2) is 10.4 Å². The number of aliphatic hydroxyl groups is 2. The molecule has 2 aliphatic rings. The summed E-state index contributed by atoms with van der Waals surface area (Å²) in [6, 6.07) is 15.2. The number of hydrogen-bond donors (Lipinski definition) is 4. The van der Waals surface area contributed by atoms with Gasteiger partial charge in [-0.2, -0.15) is 0 Å². The van der Waals surface area contributed by atoms with Crippen molar-refractivity contribution in [2.75, 3.05) is 19.8 Å². The summed E-state index contributed by atoms with van der Waals surface area (Å²) in [6.07, 6.45) is 4.95. The normalized spacial score (nSPS) is 22.7. The Kier molecular flexibility index (Phi) is 9.23. The number of hydrazine groups is 1. The van der Waals surface area contributed by atoms with Gasteiger partial charge >= 0.3 is 0 Å². The van der Waals surface area contributed by atoms with Crippen LogP contribution in [0.3, 0.4) is 0 Å². The number of carbonyl (C=O) groups excluding carboxylic acids is 1. The summed E-state index contributed by atoms with van der Waals surface area (Å²) >= 11 is 3.47. The van der Waals surface area contributed by atoms with Crippen molar-refractivity contribution >= 4 is 27.7 Å². The Morgan fingerprint density at radius 2 is 1.84 bits per heavy atom. The minimum absolute atomic E-state index is 0.0806. The molecule has 0 radical (unpaired) electrons. The number of carbonyl (C=O) groups is 1. The van der Waals surface area contributed by atoms with E-state index in [1.54, 1.807) is 0 Å². The summed E-state index contributed by atoms with van der Waals surface area (Å²) in [5.41, 5.74) is 5.51. The molecule has 1 amide bonds. The van der Waals surface area contributed by atoms with Crippen molar-refractivity contribution in [3.05, 3.63) is 64.1 Å². The van der Waals surface area contributed by atoms with Crippen molar-refractivity contribution in [3.63, 3.8) is 0 Å². The molecular formula is C28H36BrN3O5. The molecule has 4 N–H and O–H groups in total. The second-order valence-corrected chi connectivity index (χ2v) is 10.9. The van der Waals surface area contributed by atoms with E-state index in [9.17, 15) is 9.90 Å². The van der Waals surface area contributed by atoms with Gasteiger partial charge < -0.3 is 19.7 Å². The van der Waals surface area contributed by atoms with Crippen LogP contribution < -0.4 is 15.6 Å². The van der Waals surface area contributed by atoms with Crippen molar-refractivity contribution < 1.29 is 24.5 Å². The fraction of sp³-hybridized carbons (Fsp3) is 0.500. The largest absolute Gasteiger partial charge is 0.494 e. The van der Waals surface area contributed by atoms with Crippen LogP contribution in [0.5, 0.6) is 5.75 Å². The molecule has 37 heavy (non-hydrogen) atoms. The Balaban J connectivity index is 1.53. The van der Waals surface area contributed by atoms with E-state index in [-0.39, 0.29) is 19.1 Å². The van der Waals surface area contributed by atoms with E-state index < -0.39 is 17.2 Å². The van der Waals surface area contributed by atoms with Gasteiger partial charge in [0.1, 0.15) is 11.9 Å². The molecule has 2 atom stereocenters. The molecule has 0 aromatic heterocycles. The van der Waals surface area contributed by atoms with Crippen LogP contribution in [0.2, 0.25) is 0 Å². The van der Waals surface area contributed by atoms with Crippen LogP contribution in [0.1, 0.15) is 56.6 Å². The summed E-state index contributed by atoms with van der Waals surface area (Å²) in [7, 11) is 0. The van der Waals surface area contributed by atoms with Gasteiger partial charge in [0, 0.05) is 36.0 Å². The van der Waals surface area contributed by atoms with Gasteiger partial charge in [0.05, 0.1) is 12.2 Å². The zero-order valence-electron chi connectivity index (χ0n) is 21.2. The van der Waals surface area contributed by atoms with Crippen LogP contribution in [0.15, 0.2) is 58.0 Å². The zero-order chi connectivity index (χ0) is 26.3. The molecule has 1 aliphatic heterocycles. The predicted octanol–water partition coefficient (Wildman–Crippen LogP) is 3.67. The molecule has 2 aromatic carbocycles. The Bertz CT molecular complexity index is 1070. The summed E-state index contributed by atoms with van der Waals surface area (Å²) < 4.78 is 12.7. The molecule has 8 nitrogen and oxygen atoms in total. The van der Waals surface area contributed by atoms with E-state index in [2.05, 4.69) is 26.8 Å². The van der Waals surface area contributed by atoms with Crippen LogP contribution in [-0.2, 0) is 16.0 Å². The lowest BCUT2D eigenvalue weighted by Crippen LogP contribution is -2.58. The van der Waals surface area contributed by atoms with Crippen molar-refractivity contribution in [3.8, 4) is 5.75 Å². The van der Waals surface area contributed by atoms with E-state index in [0.29, 0.717) is 31.1 Å². The zero-order valence-corrected chi connectivity index (χ0v) is 22.8. The first-order valence-corrected chi connectivity index (χ1v) is 13.7. The number of halogens is 1. The number of aliphatic imine (C=N–C) groups is 1. The molecule has 2 aromatic rings. The Morgan fingerprint density at radius 3 is 2.51 bits per heavy atom. The van der Waals surface area contributed by atoms with Gasteiger partial charge in [-0.15, -0.1) is 0 Å². The fourth-order valence-electron chi connectivity index (χ4n) is 4.84. The first-order valence-electron chi connectivity index (χ1n) is 12.9. The molecule has 0 unspecified atom stereocenters. The van der Waals surface area contributed by atoms with Crippen molar-refractivity contribution in [2.45, 2.75) is 69.1 Å². The topological polar surface area (TPSA) is 112 Å². The standard InChI is InChI=1S/C28H36BrN3O5/c1-20-28(18-21-6-10-23(29)11-7-21,26(34)32-30-19-27(35)14-3-2-4-15-27)31-25(37-20)22-8-12-24(13-9-22)36-17-5-16-33/h6-13,20,30,33,35H,2-5,14-19H2,1H3,(H,32,34)/t20-,28-/m0/s1. The molecule has 200 valence electrons. The first kappa shape index (κ1) is 27.6. The summed E-state index contributed by atoms with van der Waals surface area (Å²) in [4.78, 5) is 18.6. The maximum atomic E-state index is 13.7. The number of amides is 1. The first-order chi connectivity index (χ1) is 17.8. The summed E-state index contributed by atoms with van der Waals surface area (Å²) in [5.74, 6) is 0.779. The monoisotopic (exact) mass is 573 g/mol. The van der Waals surface area contributed by atoms with Crippen molar-refractivity contribution in [1.29, 1.82) is 0 Å². The number of benzene rings is 2. The Morgan fingerprint density at radius 1 is 1.14 bits per heavy atom. The number of hydrogen-bond acceptors (Lipinski definition) is 7. The highest BCUT2D eigenvalue weighted by Gasteiger charge is 2.50. The second-order valence-electron chi connectivity index (χ2n) is 9.95. The van der Waals surface area contributed by atoms with Crippen molar-refractivity contribution in [2.24, 2.45) is 4.99 Å². The lowest BCUT2D eigenvalue weighted by molar-refractivity contribution is -0.129. The summed E-state index contributed by atoms with van der Waals surface area (Å²) in [6.45, 7) is 2.66. The van der Waals surface area contributed by atoms with Gasteiger partial charge in [-0.3, -0.25) is 10.2 Å². The number of aliphatic hydroxyl groups excluding tert-OH is 1. The third kappa shape index (κ3) is 6.90. The Hall–Kier alpha value is -2.46. The highest BCUT2D eigenvalue weighted by atomic mass is 79.9. The SMILES string of the molecule is C[C@@H]1OC(c2ccc(OCCCO)cc2)=N[C@]1(Cc1ccc(Br)cc1)C(=O)NNCC1(O)CCCCC1. The third-order valence-corrected chi connectivity index (χ3v) is 7.65. The van der Waals surface area contributed by atoms with Crippen LogP contribution in [-0.4, -0.2) is 59.0 Å². The van der Waals surface area contributed by atoms with Gasteiger partial charge in [0.15, 0.2) is 5.54 Å². The van der Waals surface area contributed by atoms with E-state index in [1.807, 2.05) is 55.5 Å². The average Bonchev–Trinajstić information content (AvgIpc) is 3.23. The van der Waals surface area contributed by atoms with Crippen LogP contribution in [0, 0.1) is 0 Å². The Labute approximate surface area is 226 Å². The van der Waals surface area contributed by atoms with Crippen molar-refractivity contribution in [1.82, 2.24) is 10.9 Å². The molecule has 0 spiro atoms. The lowest BCUT2D eigenvalue weighted by atomic mass is 9.85. The van der Waals surface area contributed by atoms with E-state index in [0.717, 1.165) is 47.7 Å². The van der Waals surface area contributed by atoms with Gasteiger partial charge in [-0.1, -0.05) is 47.3 Å². The second kappa shape index (κ2) is 12.4. The minimum atomic E-state index is -1.19. The maximum absolute atomic E-state index is 13.7. The average molecular weight is 575 g/mol. The molecule has 1 saturated carbocycles. The molecule has 4 rings (SSSR count). The van der Waals surface area contributed by atoms with Crippen LogP contribution in [0.4, 0.5) is 0 Å². The molecule has 1 heterocycles. The van der Waals surface area contributed by atoms with Crippen LogP contribution >= 0.6 is 15.9 Å². The molecule has 0 saturated heterocycles.